The maximum absolute atomic E-state index is 13.5. The summed E-state index contributed by atoms with van der Waals surface area (Å²) in [5, 5.41) is 0. The number of rotatable bonds is 8. The number of allylic oxidation sites excluding steroid dienone is 1. The molecule has 0 atom stereocenters. The summed E-state index contributed by atoms with van der Waals surface area (Å²) in [5.74, 6) is -64.4. The molecule has 1 aromatic rings. The molecule has 1 nitrogen and oxygen atoms in total. The fourth-order valence-corrected chi connectivity index (χ4v) is 1.97. The summed E-state index contributed by atoms with van der Waals surface area (Å²) < 4.78 is 263. The highest BCUT2D eigenvalue weighted by Crippen LogP contribution is 2.63. The first-order chi connectivity index (χ1) is 15.6. The lowest BCUT2D eigenvalue weighted by Gasteiger charge is -2.41. The fraction of sp³-hybridized carbons (Fsp3) is 0.467. The Balaban J connectivity index is 3.62. The fourth-order valence-electron chi connectivity index (χ4n) is 1.97. The van der Waals surface area contributed by atoms with Gasteiger partial charge in [0.25, 0.3) is 0 Å². The van der Waals surface area contributed by atoms with Gasteiger partial charge in [0.2, 0.25) is 5.83 Å². The number of hydrogen-bond donors (Lipinski definition) is 0. The molecule has 0 fully saturated rings. The molecule has 208 valence electrons. The summed E-state index contributed by atoms with van der Waals surface area (Å²) in [6.07, 6.45) is -7.86. The van der Waals surface area contributed by atoms with Crippen molar-refractivity contribution in [1.29, 1.82) is 0 Å². The van der Waals surface area contributed by atoms with Crippen LogP contribution in [-0.4, -0.2) is 41.7 Å². The minimum atomic E-state index is -8.76. The van der Waals surface area contributed by atoms with Crippen LogP contribution in [0, 0.1) is 17.5 Å². The predicted molar refractivity (Wildman–Crippen MR) is 71.9 cm³/mol. The molecule has 0 N–H and O–H groups in total. The van der Waals surface area contributed by atoms with E-state index in [1.807, 2.05) is 0 Å². The van der Waals surface area contributed by atoms with Crippen LogP contribution in [-0.2, 0) is 0 Å². The Kier molecular flexibility index (Phi) is 7.62. The molecule has 0 radical (unpaired) electrons. The van der Waals surface area contributed by atoms with E-state index in [4.69, 9.17) is 0 Å². The highest BCUT2D eigenvalue weighted by Gasteiger charge is 2.93. The summed E-state index contributed by atoms with van der Waals surface area (Å²) >= 11 is 0. The molecule has 21 heteroatoms. The number of ether oxygens (including phenoxy) is 1. The smallest absolute Gasteiger partial charge is 0.429 e. The van der Waals surface area contributed by atoms with Gasteiger partial charge in [-0.05, 0) is 0 Å². The van der Waals surface area contributed by atoms with Crippen LogP contribution in [0.2, 0.25) is 0 Å². The SMILES string of the molecule is FC(Oc1cc(F)c(F)c(F)c1)=C(F)C(F)(F)C(F)(F)C(F)(F)C(F)(F)C(F)(F)C(F)(F)C(F)(F)F. The molecule has 0 amide bonds. The van der Waals surface area contributed by atoms with E-state index in [0.717, 1.165) is 0 Å². The Labute approximate surface area is 182 Å². The van der Waals surface area contributed by atoms with Gasteiger partial charge < -0.3 is 4.74 Å². The highest BCUT2D eigenvalue weighted by molar-refractivity contribution is 5.28. The lowest BCUT2D eigenvalue weighted by atomic mass is 9.91. The topological polar surface area (TPSA) is 9.23 Å². The van der Waals surface area contributed by atoms with Gasteiger partial charge in [0.1, 0.15) is 5.75 Å². The molecule has 0 saturated heterocycles. The van der Waals surface area contributed by atoms with Crippen molar-refractivity contribution >= 4 is 0 Å². The molecule has 1 rings (SSSR count). The standard InChI is InChI=1S/C15H2F20O/c16-4-1-3(2-5(17)6(4)18)36-8(20)7(19)9(21,22)10(23,24)11(25,26)12(27,28)13(29,30)14(31,32)15(33,34)35/h1-2H. The van der Waals surface area contributed by atoms with E-state index < -0.39 is 88.9 Å². The highest BCUT2D eigenvalue weighted by atomic mass is 19.4. The van der Waals surface area contributed by atoms with Gasteiger partial charge in [0.05, 0.1) is 0 Å². The second-order valence-electron chi connectivity index (χ2n) is 6.33. The van der Waals surface area contributed by atoms with Gasteiger partial charge in [-0.1, -0.05) is 0 Å². The molecule has 0 bridgehead atoms. The third-order valence-electron chi connectivity index (χ3n) is 3.94. The number of hydrogen-bond acceptors (Lipinski definition) is 1. The minimum Gasteiger partial charge on any atom is -0.429 e. The maximum Gasteiger partial charge on any atom is 0.460 e. The molecule has 0 aliphatic carbocycles. The van der Waals surface area contributed by atoms with Crippen molar-refractivity contribution in [1.82, 2.24) is 0 Å². The zero-order chi connectivity index (χ0) is 29.1. The van der Waals surface area contributed by atoms with E-state index in [-0.39, 0.29) is 0 Å². The van der Waals surface area contributed by atoms with E-state index in [0.29, 0.717) is 0 Å². The van der Waals surface area contributed by atoms with Crippen molar-refractivity contribution in [2.45, 2.75) is 41.7 Å². The van der Waals surface area contributed by atoms with E-state index >= 15 is 0 Å². The Morgan fingerprint density at radius 2 is 0.861 bits per heavy atom. The van der Waals surface area contributed by atoms with Crippen molar-refractivity contribution in [3.8, 4) is 5.75 Å². The monoisotopic (exact) mass is 578 g/mol. The van der Waals surface area contributed by atoms with Crippen LogP contribution in [0.1, 0.15) is 0 Å². The average molecular weight is 578 g/mol. The number of halogens is 20. The van der Waals surface area contributed by atoms with Gasteiger partial charge in [-0.25, -0.2) is 13.2 Å². The van der Waals surface area contributed by atoms with Crippen molar-refractivity contribution in [3.63, 3.8) is 0 Å². The Bertz CT molecular complexity index is 995. The Morgan fingerprint density at radius 3 is 1.22 bits per heavy atom. The minimum absolute atomic E-state index is 0.510. The lowest BCUT2D eigenvalue weighted by Crippen LogP contribution is -2.72. The molecule has 0 spiro atoms. The van der Waals surface area contributed by atoms with Crippen LogP contribution in [0.3, 0.4) is 0 Å². The summed E-state index contributed by atoms with van der Waals surface area (Å²) in [6.45, 7) is 0. The summed E-state index contributed by atoms with van der Waals surface area (Å²) in [7, 11) is 0. The van der Waals surface area contributed by atoms with Crippen LogP contribution in [0.15, 0.2) is 24.0 Å². The molecule has 36 heavy (non-hydrogen) atoms. The van der Waals surface area contributed by atoms with Crippen LogP contribution < -0.4 is 4.74 Å². The zero-order valence-corrected chi connectivity index (χ0v) is 15.6. The Morgan fingerprint density at radius 1 is 0.528 bits per heavy atom. The summed E-state index contributed by atoms with van der Waals surface area (Å²) in [6, 6.07) is -4.95. The van der Waals surface area contributed by atoms with Crippen molar-refractivity contribution in [2.24, 2.45) is 0 Å². The molecule has 0 heterocycles. The maximum atomic E-state index is 13.5. The second kappa shape index (κ2) is 8.73. The third kappa shape index (κ3) is 4.37. The van der Waals surface area contributed by atoms with Crippen LogP contribution >= 0.6 is 0 Å². The van der Waals surface area contributed by atoms with Gasteiger partial charge in [0.15, 0.2) is 17.5 Å². The molecule has 0 unspecified atom stereocenters. The molecular weight excluding hydrogens is 576 g/mol. The van der Waals surface area contributed by atoms with E-state index in [1.165, 1.54) is 0 Å². The van der Waals surface area contributed by atoms with Gasteiger partial charge in [0, 0.05) is 12.1 Å². The lowest BCUT2D eigenvalue weighted by molar-refractivity contribution is -0.451. The van der Waals surface area contributed by atoms with Crippen molar-refractivity contribution < 1.29 is 92.5 Å². The van der Waals surface area contributed by atoms with Crippen molar-refractivity contribution in [3.05, 3.63) is 41.4 Å². The first-order valence-corrected chi connectivity index (χ1v) is 7.84. The molecule has 0 aliphatic rings. The summed E-state index contributed by atoms with van der Waals surface area (Å²) in [5.41, 5.74) is 0. The van der Waals surface area contributed by atoms with E-state index in [2.05, 4.69) is 4.74 Å². The first-order valence-electron chi connectivity index (χ1n) is 7.84. The largest absolute Gasteiger partial charge is 0.460 e. The van der Waals surface area contributed by atoms with Crippen LogP contribution in [0.25, 0.3) is 0 Å². The zero-order valence-electron chi connectivity index (χ0n) is 15.6. The van der Waals surface area contributed by atoms with Gasteiger partial charge in [-0.15, -0.1) is 0 Å². The first kappa shape index (κ1) is 31.4. The third-order valence-corrected chi connectivity index (χ3v) is 3.94. The van der Waals surface area contributed by atoms with E-state index in [1.54, 1.807) is 0 Å². The predicted octanol–water partition coefficient (Wildman–Crippen LogP) is 7.96. The number of alkyl halides is 15. The van der Waals surface area contributed by atoms with Gasteiger partial charge in [-0.2, -0.15) is 74.6 Å². The molecule has 0 aliphatic heterocycles. The normalized spacial score (nSPS) is 15.7. The Hall–Kier alpha value is -2.64. The molecule has 0 saturated carbocycles. The van der Waals surface area contributed by atoms with Crippen LogP contribution in [0.5, 0.6) is 5.75 Å². The molecular formula is C15H2F20O. The van der Waals surface area contributed by atoms with Gasteiger partial charge >= 0.3 is 47.7 Å². The molecule has 1 aromatic carbocycles. The van der Waals surface area contributed by atoms with Crippen LogP contribution in [0.4, 0.5) is 87.8 Å². The second-order valence-corrected chi connectivity index (χ2v) is 6.33. The number of benzene rings is 1. The summed E-state index contributed by atoms with van der Waals surface area (Å²) in [4.78, 5) is 0. The quantitative estimate of drug-likeness (QED) is 0.173. The van der Waals surface area contributed by atoms with E-state index in [9.17, 15) is 87.8 Å². The molecule has 0 aromatic heterocycles. The van der Waals surface area contributed by atoms with Gasteiger partial charge in [-0.3, -0.25) is 0 Å². The average Bonchev–Trinajstić information content (AvgIpc) is 2.69. The van der Waals surface area contributed by atoms with Crippen molar-refractivity contribution in [2.75, 3.05) is 0 Å².